The van der Waals surface area contributed by atoms with E-state index < -0.39 is 10.0 Å². The van der Waals surface area contributed by atoms with Gasteiger partial charge in [-0.25, -0.2) is 13.1 Å². The summed E-state index contributed by atoms with van der Waals surface area (Å²) in [6.45, 7) is 4.86. The highest BCUT2D eigenvalue weighted by atomic mass is 32.2. The largest absolute Gasteiger partial charge is 0.497 e. The lowest BCUT2D eigenvalue weighted by molar-refractivity contribution is 0.340. The van der Waals surface area contributed by atoms with E-state index in [1.54, 1.807) is 12.1 Å². The average Bonchev–Trinajstić information content (AvgIpc) is 2.37. The van der Waals surface area contributed by atoms with Crippen molar-refractivity contribution in [1.82, 2.24) is 4.72 Å². The van der Waals surface area contributed by atoms with Crippen molar-refractivity contribution >= 4 is 10.0 Å². The number of ether oxygens (including phenoxy) is 1. The van der Waals surface area contributed by atoms with Crippen molar-refractivity contribution in [2.45, 2.75) is 25.2 Å². The molecule has 19 heavy (non-hydrogen) atoms. The third-order valence-corrected chi connectivity index (χ3v) is 4.35. The molecule has 1 rings (SSSR count). The summed E-state index contributed by atoms with van der Waals surface area (Å²) in [7, 11) is -1.94. The summed E-state index contributed by atoms with van der Waals surface area (Å²) < 4.78 is 31.8. The molecule has 0 aliphatic heterocycles. The minimum Gasteiger partial charge on any atom is -0.497 e. The molecule has 3 N–H and O–H groups in total. The SMILES string of the molecule is COc1ccc(S(=O)(=O)NCC(C)(C)CCN)cc1. The molecule has 0 saturated carbocycles. The fraction of sp³-hybridized carbons (Fsp3) is 0.538. The topological polar surface area (TPSA) is 81.4 Å². The quantitative estimate of drug-likeness (QED) is 0.792. The number of sulfonamides is 1. The lowest BCUT2D eigenvalue weighted by atomic mass is 9.90. The Kier molecular flexibility index (Phi) is 5.34. The first-order chi connectivity index (χ1) is 8.80. The molecular formula is C13H22N2O3S. The molecule has 0 amide bonds. The summed E-state index contributed by atoms with van der Waals surface area (Å²) in [6.07, 6.45) is 0.762. The summed E-state index contributed by atoms with van der Waals surface area (Å²) in [4.78, 5) is 0.233. The van der Waals surface area contributed by atoms with Gasteiger partial charge in [0.15, 0.2) is 0 Å². The van der Waals surface area contributed by atoms with Crippen LogP contribution in [0, 0.1) is 5.41 Å². The molecule has 108 valence electrons. The van der Waals surface area contributed by atoms with Crippen LogP contribution in [0.3, 0.4) is 0 Å². The predicted molar refractivity (Wildman–Crippen MR) is 75.6 cm³/mol. The zero-order valence-electron chi connectivity index (χ0n) is 11.6. The number of rotatable bonds is 7. The molecular weight excluding hydrogens is 264 g/mol. The predicted octanol–water partition coefficient (Wildman–Crippen LogP) is 1.35. The lowest BCUT2D eigenvalue weighted by Gasteiger charge is -2.24. The van der Waals surface area contributed by atoms with E-state index in [1.165, 1.54) is 19.2 Å². The van der Waals surface area contributed by atoms with Gasteiger partial charge in [0.2, 0.25) is 10.0 Å². The molecule has 0 bridgehead atoms. The number of nitrogens with one attached hydrogen (secondary N) is 1. The van der Waals surface area contributed by atoms with Gasteiger partial charge < -0.3 is 10.5 Å². The van der Waals surface area contributed by atoms with Crippen molar-refractivity contribution in [1.29, 1.82) is 0 Å². The van der Waals surface area contributed by atoms with Gasteiger partial charge in [0.1, 0.15) is 5.75 Å². The molecule has 0 atom stereocenters. The van der Waals surface area contributed by atoms with Crippen molar-refractivity contribution in [3.8, 4) is 5.75 Å². The first-order valence-corrected chi connectivity index (χ1v) is 7.63. The maximum absolute atomic E-state index is 12.1. The van der Waals surface area contributed by atoms with E-state index in [9.17, 15) is 8.42 Å². The Balaban J connectivity index is 2.75. The maximum atomic E-state index is 12.1. The Morgan fingerprint density at radius 1 is 1.26 bits per heavy atom. The molecule has 5 nitrogen and oxygen atoms in total. The van der Waals surface area contributed by atoms with Crippen LogP contribution in [0.15, 0.2) is 29.2 Å². The zero-order chi connectivity index (χ0) is 14.5. The Labute approximate surface area is 115 Å². The lowest BCUT2D eigenvalue weighted by Crippen LogP contribution is -2.35. The van der Waals surface area contributed by atoms with Gasteiger partial charge in [0.05, 0.1) is 12.0 Å². The van der Waals surface area contributed by atoms with Crippen molar-refractivity contribution in [2.75, 3.05) is 20.2 Å². The van der Waals surface area contributed by atoms with E-state index in [4.69, 9.17) is 10.5 Å². The van der Waals surface area contributed by atoms with Crippen LogP contribution in [0.4, 0.5) is 0 Å². The van der Waals surface area contributed by atoms with E-state index in [0.29, 0.717) is 18.8 Å². The van der Waals surface area contributed by atoms with E-state index in [2.05, 4.69) is 4.72 Å². The third kappa shape index (κ3) is 4.81. The Morgan fingerprint density at radius 2 is 1.84 bits per heavy atom. The molecule has 0 radical (unpaired) electrons. The summed E-state index contributed by atoms with van der Waals surface area (Å²) in [5.74, 6) is 0.627. The van der Waals surface area contributed by atoms with Gasteiger partial charge in [-0.15, -0.1) is 0 Å². The molecule has 1 aromatic carbocycles. The summed E-state index contributed by atoms with van der Waals surface area (Å²) in [6, 6.07) is 6.30. The zero-order valence-corrected chi connectivity index (χ0v) is 12.5. The van der Waals surface area contributed by atoms with Crippen LogP contribution in [-0.2, 0) is 10.0 Å². The summed E-state index contributed by atoms with van der Waals surface area (Å²) in [5, 5.41) is 0. The molecule has 0 spiro atoms. The van der Waals surface area contributed by atoms with Crippen LogP contribution >= 0.6 is 0 Å². The van der Waals surface area contributed by atoms with Gasteiger partial charge in [0, 0.05) is 6.54 Å². The monoisotopic (exact) mass is 286 g/mol. The number of hydrogen-bond donors (Lipinski definition) is 2. The second-order valence-electron chi connectivity index (χ2n) is 5.20. The average molecular weight is 286 g/mol. The second kappa shape index (κ2) is 6.36. The molecule has 0 unspecified atom stereocenters. The maximum Gasteiger partial charge on any atom is 0.240 e. The van der Waals surface area contributed by atoms with Crippen molar-refractivity contribution in [3.63, 3.8) is 0 Å². The first-order valence-electron chi connectivity index (χ1n) is 6.14. The standard InChI is InChI=1S/C13H22N2O3S/c1-13(2,8-9-14)10-15-19(16,17)12-6-4-11(18-3)5-7-12/h4-7,15H,8-10,14H2,1-3H3. The van der Waals surface area contributed by atoms with E-state index >= 15 is 0 Å². The Morgan fingerprint density at radius 3 is 2.32 bits per heavy atom. The van der Waals surface area contributed by atoms with Crippen LogP contribution in [0.25, 0.3) is 0 Å². The van der Waals surface area contributed by atoms with E-state index in [0.717, 1.165) is 6.42 Å². The molecule has 0 aliphatic carbocycles. The Bertz CT molecular complexity index is 495. The van der Waals surface area contributed by atoms with Gasteiger partial charge in [-0.2, -0.15) is 0 Å². The third-order valence-electron chi connectivity index (χ3n) is 2.93. The van der Waals surface area contributed by atoms with Crippen LogP contribution in [0.1, 0.15) is 20.3 Å². The van der Waals surface area contributed by atoms with E-state index in [-0.39, 0.29) is 10.3 Å². The van der Waals surface area contributed by atoms with Gasteiger partial charge >= 0.3 is 0 Å². The number of benzene rings is 1. The smallest absolute Gasteiger partial charge is 0.240 e. The highest BCUT2D eigenvalue weighted by Gasteiger charge is 2.21. The van der Waals surface area contributed by atoms with Crippen molar-refractivity contribution < 1.29 is 13.2 Å². The fourth-order valence-corrected chi connectivity index (χ4v) is 2.85. The van der Waals surface area contributed by atoms with Crippen LogP contribution < -0.4 is 15.2 Å². The minimum absolute atomic E-state index is 0.158. The molecule has 0 heterocycles. The molecule has 6 heteroatoms. The molecule has 0 aliphatic rings. The molecule has 0 fully saturated rings. The van der Waals surface area contributed by atoms with Crippen LogP contribution in [0.2, 0.25) is 0 Å². The Hall–Kier alpha value is -1.11. The normalized spacial score (nSPS) is 12.4. The second-order valence-corrected chi connectivity index (χ2v) is 6.97. The number of hydrogen-bond acceptors (Lipinski definition) is 4. The number of methoxy groups -OCH3 is 1. The highest BCUT2D eigenvalue weighted by Crippen LogP contribution is 2.20. The minimum atomic E-state index is -3.48. The molecule has 0 saturated heterocycles. The van der Waals surface area contributed by atoms with E-state index in [1.807, 2.05) is 13.8 Å². The first kappa shape index (κ1) is 15.9. The summed E-state index contributed by atoms with van der Waals surface area (Å²) >= 11 is 0. The summed E-state index contributed by atoms with van der Waals surface area (Å²) in [5.41, 5.74) is 5.35. The fourth-order valence-electron chi connectivity index (χ4n) is 1.61. The van der Waals surface area contributed by atoms with Gasteiger partial charge in [-0.3, -0.25) is 0 Å². The van der Waals surface area contributed by atoms with Crippen LogP contribution in [-0.4, -0.2) is 28.6 Å². The van der Waals surface area contributed by atoms with Gasteiger partial charge in [-0.05, 0) is 42.6 Å². The molecule has 0 aromatic heterocycles. The number of nitrogens with two attached hydrogens (primary N) is 1. The molecule has 1 aromatic rings. The highest BCUT2D eigenvalue weighted by molar-refractivity contribution is 7.89. The van der Waals surface area contributed by atoms with Crippen molar-refractivity contribution in [2.24, 2.45) is 11.1 Å². The van der Waals surface area contributed by atoms with Crippen molar-refractivity contribution in [3.05, 3.63) is 24.3 Å². The van der Waals surface area contributed by atoms with Crippen LogP contribution in [0.5, 0.6) is 5.75 Å². The van der Waals surface area contributed by atoms with Gasteiger partial charge in [-0.1, -0.05) is 13.8 Å². The van der Waals surface area contributed by atoms with Gasteiger partial charge in [0.25, 0.3) is 0 Å².